The van der Waals surface area contributed by atoms with Crippen LogP contribution in [0.4, 0.5) is 4.39 Å². The van der Waals surface area contributed by atoms with Crippen molar-refractivity contribution in [2.75, 3.05) is 19.6 Å². The molecule has 1 fully saturated rings. The van der Waals surface area contributed by atoms with E-state index in [-0.39, 0.29) is 11.7 Å². The fraction of sp³-hybridized carbons (Fsp3) is 0.462. The molecule has 0 amide bonds. The lowest BCUT2D eigenvalue weighted by atomic mass is 9.89. The Morgan fingerprint density at radius 3 is 2.76 bits per heavy atom. The van der Waals surface area contributed by atoms with Crippen LogP contribution >= 0.6 is 0 Å². The first-order chi connectivity index (χ1) is 8.13. The van der Waals surface area contributed by atoms with E-state index in [0.717, 1.165) is 6.54 Å². The molecule has 0 aromatic heterocycles. The molecule has 2 atom stereocenters. The largest absolute Gasteiger partial charge is 0.481 e. The summed E-state index contributed by atoms with van der Waals surface area (Å²) in [6, 6.07) is 6.46. The standard InChI is InChI=1S/C13H16FNO2/c1-2-15-7-10(11(8-15)13(16)17)9-5-3-4-6-12(9)14/h3-6,10-11H,2,7-8H2,1H3,(H,16,17). The Balaban J connectivity index is 2.30. The molecule has 0 spiro atoms. The molecule has 1 N–H and O–H groups in total. The lowest BCUT2D eigenvalue weighted by Gasteiger charge is -2.15. The SMILES string of the molecule is CCN1CC(C(=O)O)C(c2ccccc2F)C1. The maximum Gasteiger partial charge on any atom is 0.308 e. The van der Waals surface area contributed by atoms with Crippen LogP contribution in [0.3, 0.4) is 0 Å². The van der Waals surface area contributed by atoms with E-state index in [2.05, 4.69) is 4.90 Å². The van der Waals surface area contributed by atoms with Crippen molar-refractivity contribution >= 4 is 5.97 Å². The number of hydrogen-bond acceptors (Lipinski definition) is 2. The van der Waals surface area contributed by atoms with Gasteiger partial charge in [-0.25, -0.2) is 4.39 Å². The van der Waals surface area contributed by atoms with Gasteiger partial charge in [-0.3, -0.25) is 4.79 Å². The number of carbonyl (C=O) groups is 1. The highest BCUT2D eigenvalue weighted by molar-refractivity contribution is 5.72. The predicted octanol–water partition coefficient (Wildman–Crippen LogP) is 1.95. The van der Waals surface area contributed by atoms with Gasteiger partial charge in [-0.2, -0.15) is 0 Å². The molecule has 1 aromatic rings. The molecule has 4 heteroatoms. The Bertz CT molecular complexity index is 422. The summed E-state index contributed by atoms with van der Waals surface area (Å²) in [4.78, 5) is 13.3. The monoisotopic (exact) mass is 237 g/mol. The van der Waals surface area contributed by atoms with Crippen LogP contribution in [0.2, 0.25) is 0 Å². The van der Waals surface area contributed by atoms with Crippen molar-refractivity contribution in [1.82, 2.24) is 4.90 Å². The number of rotatable bonds is 3. The zero-order chi connectivity index (χ0) is 12.4. The first kappa shape index (κ1) is 12.0. The van der Waals surface area contributed by atoms with Gasteiger partial charge in [0.2, 0.25) is 0 Å². The molecule has 2 unspecified atom stereocenters. The third-order valence-electron chi connectivity index (χ3n) is 3.46. The normalized spacial score (nSPS) is 25.1. The summed E-state index contributed by atoms with van der Waals surface area (Å²) < 4.78 is 13.7. The van der Waals surface area contributed by atoms with E-state index in [0.29, 0.717) is 18.7 Å². The second kappa shape index (κ2) is 4.84. The van der Waals surface area contributed by atoms with Crippen LogP contribution in [0.15, 0.2) is 24.3 Å². The third-order valence-corrected chi connectivity index (χ3v) is 3.46. The zero-order valence-corrected chi connectivity index (χ0v) is 9.77. The molecule has 17 heavy (non-hydrogen) atoms. The molecular weight excluding hydrogens is 221 g/mol. The Kier molecular flexibility index (Phi) is 3.43. The molecule has 0 saturated carbocycles. The number of likely N-dealkylation sites (N-methyl/N-ethyl adjacent to an activating group) is 1. The number of carboxylic acid groups (broad SMARTS) is 1. The van der Waals surface area contributed by atoms with Gasteiger partial charge in [0.25, 0.3) is 0 Å². The van der Waals surface area contributed by atoms with Gasteiger partial charge in [-0.1, -0.05) is 25.1 Å². The summed E-state index contributed by atoms with van der Waals surface area (Å²) in [6.45, 7) is 3.91. The van der Waals surface area contributed by atoms with Crippen LogP contribution < -0.4 is 0 Å². The van der Waals surface area contributed by atoms with Crippen molar-refractivity contribution in [3.8, 4) is 0 Å². The highest BCUT2D eigenvalue weighted by Gasteiger charge is 2.38. The van der Waals surface area contributed by atoms with E-state index in [4.69, 9.17) is 0 Å². The molecule has 2 rings (SSSR count). The van der Waals surface area contributed by atoms with Gasteiger partial charge in [0.15, 0.2) is 0 Å². The van der Waals surface area contributed by atoms with Crippen LogP contribution in [-0.4, -0.2) is 35.6 Å². The Morgan fingerprint density at radius 1 is 1.47 bits per heavy atom. The minimum absolute atomic E-state index is 0.242. The predicted molar refractivity (Wildman–Crippen MR) is 62.4 cm³/mol. The molecule has 1 heterocycles. The van der Waals surface area contributed by atoms with Gasteiger partial charge in [0, 0.05) is 19.0 Å². The smallest absolute Gasteiger partial charge is 0.308 e. The van der Waals surface area contributed by atoms with Crippen molar-refractivity contribution < 1.29 is 14.3 Å². The number of halogens is 1. The molecule has 1 saturated heterocycles. The van der Waals surface area contributed by atoms with E-state index in [1.54, 1.807) is 18.2 Å². The van der Waals surface area contributed by atoms with Gasteiger partial charge in [-0.05, 0) is 18.2 Å². The lowest BCUT2D eigenvalue weighted by molar-refractivity contribution is -0.141. The van der Waals surface area contributed by atoms with Crippen LogP contribution in [-0.2, 0) is 4.79 Å². The molecule has 0 radical (unpaired) electrons. The van der Waals surface area contributed by atoms with Gasteiger partial charge in [0.05, 0.1) is 5.92 Å². The number of carboxylic acids is 1. The number of benzene rings is 1. The van der Waals surface area contributed by atoms with E-state index in [1.165, 1.54) is 6.07 Å². The van der Waals surface area contributed by atoms with Gasteiger partial charge in [-0.15, -0.1) is 0 Å². The Hall–Kier alpha value is -1.42. The summed E-state index contributed by atoms with van der Waals surface area (Å²) in [5.74, 6) is -1.89. The fourth-order valence-electron chi connectivity index (χ4n) is 2.48. The van der Waals surface area contributed by atoms with Crippen LogP contribution in [0, 0.1) is 11.7 Å². The average Bonchev–Trinajstić information content (AvgIpc) is 2.73. The summed E-state index contributed by atoms with van der Waals surface area (Å²) in [6.07, 6.45) is 0. The Morgan fingerprint density at radius 2 is 2.18 bits per heavy atom. The highest BCUT2D eigenvalue weighted by atomic mass is 19.1. The van der Waals surface area contributed by atoms with Crippen molar-refractivity contribution in [3.05, 3.63) is 35.6 Å². The molecule has 1 aliphatic rings. The average molecular weight is 237 g/mol. The highest BCUT2D eigenvalue weighted by Crippen LogP contribution is 2.33. The van der Waals surface area contributed by atoms with Crippen molar-refractivity contribution in [2.45, 2.75) is 12.8 Å². The summed E-state index contributed by atoms with van der Waals surface area (Å²) in [7, 11) is 0. The zero-order valence-electron chi connectivity index (χ0n) is 9.77. The second-order valence-corrected chi connectivity index (χ2v) is 4.42. The van der Waals surface area contributed by atoms with Crippen molar-refractivity contribution in [2.24, 2.45) is 5.92 Å². The molecule has 1 aromatic carbocycles. The fourth-order valence-corrected chi connectivity index (χ4v) is 2.48. The molecule has 1 aliphatic heterocycles. The summed E-state index contributed by atoms with van der Waals surface area (Å²) in [5.41, 5.74) is 0.524. The maximum absolute atomic E-state index is 13.7. The molecular formula is C13H16FNO2. The molecule has 0 aliphatic carbocycles. The topological polar surface area (TPSA) is 40.5 Å². The number of nitrogens with zero attached hydrogens (tertiary/aromatic N) is 1. The van der Waals surface area contributed by atoms with E-state index in [9.17, 15) is 14.3 Å². The van der Waals surface area contributed by atoms with Crippen LogP contribution in [0.25, 0.3) is 0 Å². The minimum atomic E-state index is -0.839. The van der Waals surface area contributed by atoms with E-state index in [1.807, 2.05) is 6.92 Å². The molecule has 92 valence electrons. The van der Waals surface area contributed by atoms with Crippen LogP contribution in [0.5, 0.6) is 0 Å². The van der Waals surface area contributed by atoms with Crippen LogP contribution in [0.1, 0.15) is 18.4 Å². The quantitative estimate of drug-likeness (QED) is 0.873. The summed E-state index contributed by atoms with van der Waals surface area (Å²) >= 11 is 0. The first-order valence-corrected chi connectivity index (χ1v) is 5.83. The maximum atomic E-state index is 13.7. The van der Waals surface area contributed by atoms with Crippen molar-refractivity contribution in [1.29, 1.82) is 0 Å². The lowest BCUT2D eigenvalue weighted by Crippen LogP contribution is -2.23. The number of hydrogen-bond donors (Lipinski definition) is 1. The summed E-state index contributed by atoms with van der Waals surface area (Å²) in [5, 5.41) is 9.20. The van der Waals surface area contributed by atoms with Crippen molar-refractivity contribution in [3.63, 3.8) is 0 Å². The second-order valence-electron chi connectivity index (χ2n) is 4.42. The molecule has 0 bridgehead atoms. The number of likely N-dealkylation sites (tertiary alicyclic amines) is 1. The van der Waals surface area contributed by atoms with Gasteiger partial charge in [0.1, 0.15) is 5.82 Å². The first-order valence-electron chi connectivity index (χ1n) is 5.83. The molecule has 3 nitrogen and oxygen atoms in total. The minimum Gasteiger partial charge on any atom is -0.481 e. The van der Waals surface area contributed by atoms with Gasteiger partial charge >= 0.3 is 5.97 Å². The van der Waals surface area contributed by atoms with Gasteiger partial charge < -0.3 is 10.0 Å². The number of aliphatic carboxylic acids is 1. The van der Waals surface area contributed by atoms with E-state index < -0.39 is 11.9 Å². The third kappa shape index (κ3) is 2.31. The van der Waals surface area contributed by atoms with E-state index >= 15 is 0 Å². The Labute approximate surface area is 99.9 Å².